The molecule has 0 aromatic carbocycles. The van der Waals surface area contributed by atoms with Crippen molar-refractivity contribution in [1.82, 2.24) is 14.5 Å². The summed E-state index contributed by atoms with van der Waals surface area (Å²) in [6.45, 7) is 3.40. The number of carbonyl (C=O) groups is 1. The molecule has 0 atom stereocenters. The zero-order chi connectivity index (χ0) is 13.0. The van der Waals surface area contributed by atoms with Gasteiger partial charge in [-0.05, 0) is 13.5 Å². The summed E-state index contributed by atoms with van der Waals surface area (Å²) < 4.78 is 1.96. The first kappa shape index (κ1) is 12.9. The highest BCUT2D eigenvalue weighted by atomic mass is 32.1. The minimum Gasteiger partial charge on any atom is -0.335 e. The van der Waals surface area contributed by atoms with Crippen LogP contribution in [0.5, 0.6) is 0 Å². The SMILES string of the molecule is CCn1ccnc1CC(=O)c1csc(CCN)n1. The Morgan fingerprint density at radius 2 is 2.39 bits per heavy atom. The summed E-state index contributed by atoms with van der Waals surface area (Å²) in [4.78, 5) is 20.5. The highest BCUT2D eigenvalue weighted by Crippen LogP contribution is 2.12. The van der Waals surface area contributed by atoms with Crippen molar-refractivity contribution in [3.8, 4) is 0 Å². The van der Waals surface area contributed by atoms with E-state index in [2.05, 4.69) is 9.97 Å². The molecular weight excluding hydrogens is 248 g/mol. The van der Waals surface area contributed by atoms with E-state index in [9.17, 15) is 4.79 Å². The number of nitrogens with zero attached hydrogens (tertiary/aromatic N) is 3. The molecule has 0 bridgehead atoms. The van der Waals surface area contributed by atoms with Gasteiger partial charge in [0.2, 0.25) is 0 Å². The van der Waals surface area contributed by atoms with Gasteiger partial charge < -0.3 is 10.3 Å². The van der Waals surface area contributed by atoms with Crippen LogP contribution < -0.4 is 5.73 Å². The van der Waals surface area contributed by atoms with Crippen molar-refractivity contribution >= 4 is 17.1 Å². The molecule has 0 saturated carbocycles. The second-order valence-corrected chi connectivity index (χ2v) is 4.84. The lowest BCUT2D eigenvalue weighted by molar-refractivity contribution is 0.0985. The number of aryl methyl sites for hydroxylation is 1. The summed E-state index contributed by atoms with van der Waals surface area (Å²) in [5, 5.41) is 2.71. The Hall–Kier alpha value is -1.53. The van der Waals surface area contributed by atoms with Gasteiger partial charge in [0.15, 0.2) is 5.78 Å². The van der Waals surface area contributed by atoms with Gasteiger partial charge in [-0.3, -0.25) is 4.79 Å². The predicted molar refractivity (Wildman–Crippen MR) is 70.8 cm³/mol. The van der Waals surface area contributed by atoms with E-state index in [-0.39, 0.29) is 5.78 Å². The van der Waals surface area contributed by atoms with E-state index < -0.39 is 0 Å². The van der Waals surface area contributed by atoms with E-state index in [1.165, 1.54) is 11.3 Å². The average molecular weight is 264 g/mol. The molecule has 6 heteroatoms. The number of hydrogen-bond acceptors (Lipinski definition) is 5. The molecular formula is C12H16N4OS. The molecule has 5 nitrogen and oxygen atoms in total. The molecule has 0 radical (unpaired) electrons. The smallest absolute Gasteiger partial charge is 0.189 e. The van der Waals surface area contributed by atoms with Crippen molar-refractivity contribution in [2.75, 3.05) is 6.54 Å². The molecule has 2 rings (SSSR count). The molecule has 0 aliphatic rings. The fraction of sp³-hybridized carbons (Fsp3) is 0.417. The fourth-order valence-electron chi connectivity index (χ4n) is 1.71. The van der Waals surface area contributed by atoms with E-state index in [1.54, 1.807) is 11.6 Å². The van der Waals surface area contributed by atoms with Gasteiger partial charge in [-0.2, -0.15) is 0 Å². The van der Waals surface area contributed by atoms with Crippen molar-refractivity contribution in [3.63, 3.8) is 0 Å². The van der Waals surface area contributed by atoms with Gasteiger partial charge in [-0.1, -0.05) is 0 Å². The van der Waals surface area contributed by atoms with Gasteiger partial charge >= 0.3 is 0 Å². The summed E-state index contributed by atoms with van der Waals surface area (Å²) in [7, 11) is 0. The molecule has 0 aliphatic heterocycles. The van der Waals surface area contributed by atoms with Gasteiger partial charge in [0.05, 0.1) is 11.4 Å². The van der Waals surface area contributed by atoms with Crippen molar-refractivity contribution in [3.05, 3.63) is 34.3 Å². The summed E-state index contributed by atoms with van der Waals surface area (Å²) in [6.07, 6.45) is 4.62. The van der Waals surface area contributed by atoms with Gasteiger partial charge in [0, 0.05) is 30.7 Å². The number of Topliss-reactive ketones (excluding diaryl/α,β-unsaturated/α-hetero) is 1. The summed E-state index contributed by atoms with van der Waals surface area (Å²) in [5.74, 6) is 0.797. The Morgan fingerprint density at radius 3 is 3.11 bits per heavy atom. The Bertz CT molecular complexity index is 532. The van der Waals surface area contributed by atoms with Gasteiger partial charge in [0.1, 0.15) is 11.5 Å². The van der Waals surface area contributed by atoms with Crippen LogP contribution in [-0.4, -0.2) is 26.9 Å². The maximum atomic E-state index is 12.1. The van der Waals surface area contributed by atoms with Crippen LogP contribution in [0.3, 0.4) is 0 Å². The molecule has 0 aliphatic carbocycles. The van der Waals surface area contributed by atoms with E-state index in [4.69, 9.17) is 5.73 Å². The van der Waals surface area contributed by atoms with E-state index in [0.29, 0.717) is 18.7 Å². The van der Waals surface area contributed by atoms with E-state index in [0.717, 1.165) is 23.8 Å². The molecule has 2 N–H and O–H groups in total. The van der Waals surface area contributed by atoms with Crippen LogP contribution >= 0.6 is 11.3 Å². The highest BCUT2D eigenvalue weighted by Gasteiger charge is 2.14. The lowest BCUT2D eigenvalue weighted by Crippen LogP contribution is -2.10. The summed E-state index contributed by atoms with van der Waals surface area (Å²) >= 11 is 1.49. The monoisotopic (exact) mass is 264 g/mol. The van der Waals surface area contributed by atoms with Crippen LogP contribution in [0.25, 0.3) is 0 Å². The molecule has 2 aromatic rings. The maximum Gasteiger partial charge on any atom is 0.189 e. The van der Waals surface area contributed by atoms with Crippen molar-refractivity contribution in [1.29, 1.82) is 0 Å². The topological polar surface area (TPSA) is 73.8 Å². The molecule has 0 amide bonds. The van der Waals surface area contributed by atoms with Crippen LogP contribution in [0.15, 0.2) is 17.8 Å². The van der Waals surface area contributed by atoms with Gasteiger partial charge in [0.25, 0.3) is 0 Å². The third-order valence-corrected chi connectivity index (χ3v) is 3.57. The van der Waals surface area contributed by atoms with E-state index >= 15 is 0 Å². The quantitative estimate of drug-likeness (QED) is 0.798. The zero-order valence-corrected chi connectivity index (χ0v) is 11.1. The molecule has 0 unspecified atom stereocenters. The number of hydrogen-bond donors (Lipinski definition) is 1. The molecule has 0 fully saturated rings. The van der Waals surface area contributed by atoms with Crippen LogP contribution in [0, 0.1) is 0 Å². The third kappa shape index (κ3) is 2.83. The first-order chi connectivity index (χ1) is 8.74. The summed E-state index contributed by atoms with van der Waals surface area (Å²) in [6, 6.07) is 0. The van der Waals surface area contributed by atoms with E-state index in [1.807, 2.05) is 17.7 Å². The third-order valence-electron chi connectivity index (χ3n) is 2.66. The Kier molecular flexibility index (Phi) is 4.22. The largest absolute Gasteiger partial charge is 0.335 e. The number of carbonyl (C=O) groups excluding carboxylic acids is 1. The lowest BCUT2D eigenvalue weighted by Gasteiger charge is -2.02. The van der Waals surface area contributed by atoms with Crippen molar-refractivity contribution < 1.29 is 4.79 Å². The predicted octanol–water partition coefficient (Wildman–Crippen LogP) is 1.29. The molecule has 0 saturated heterocycles. The standard InChI is InChI=1S/C12H16N4OS/c1-2-16-6-5-14-11(16)7-10(17)9-8-18-12(15-9)3-4-13/h5-6,8H,2-4,7,13H2,1H3. The van der Waals surface area contributed by atoms with Crippen LogP contribution in [0.4, 0.5) is 0 Å². The number of ketones is 1. The zero-order valence-electron chi connectivity index (χ0n) is 10.3. The highest BCUT2D eigenvalue weighted by molar-refractivity contribution is 7.09. The number of imidazole rings is 1. The molecule has 18 heavy (non-hydrogen) atoms. The lowest BCUT2D eigenvalue weighted by atomic mass is 10.2. The Balaban J connectivity index is 2.07. The second-order valence-electron chi connectivity index (χ2n) is 3.89. The first-order valence-electron chi connectivity index (χ1n) is 5.92. The molecule has 96 valence electrons. The number of nitrogens with two attached hydrogens (primary N) is 1. The summed E-state index contributed by atoms with van der Waals surface area (Å²) in [5.41, 5.74) is 5.98. The minimum absolute atomic E-state index is 0.00965. The van der Waals surface area contributed by atoms with Crippen LogP contribution in [0.1, 0.15) is 28.2 Å². The number of thiazole rings is 1. The second kappa shape index (κ2) is 5.88. The van der Waals surface area contributed by atoms with Crippen LogP contribution in [-0.2, 0) is 19.4 Å². The van der Waals surface area contributed by atoms with Crippen molar-refractivity contribution in [2.45, 2.75) is 26.3 Å². The maximum absolute atomic E-state index is 12.1. The molecule has 2 heterocycles. The Labute approximate surface area is 110 Å². The normalized spacial score (nSPS) is 10.8. The van der Waals surface area contributed by atoms with Gasteiger partial charge in [-0.25, -0.2) is 9.97 Å². The fourth-order valence-corrected chi connectivity index (χ4v) is 2.53. The molecule has 2 aromatic heterocycles. The number of rotatable bonds is 6. The number of aromatic nitrogens is 3. The van der Waals surface area contributed by atoms with Crippen molar-refractivity contribution in [2.24, 2.45) is 5.73 Å². The van der Waals surface area contributed by atoms with Gasteiger partial charge in [-0.15, -0.1) is 11.3 Å². The minimum atomic E-state index is 0.00965. The average Bonchev–Trinajstić information content (AvgIpc) is 2.98. The first-order valence-corrected chi connectivity index (χ1v) is 6.80. The Morgan fingerprint density at radius 1 is 1.56 bits per heavy atom. The molecule has 0 spiro atoms. The van der Waals surface area contributed by atoms with Crippen LogP contribution in [0.2, 0.25) is 0 Å².